The van der Waals surface area contributed by atoms with E-state index in [9.17, 15) is 4.79 Å². The van der Waals surface area contributed by atoms with Crippen molar-refractivity contribution in [1.29, 1.82) is 0 Å². The van der Waals surface area contributed by atoms with E-state index in [0.29, 0.717) is 17.1 Å². The van der Waals surface area contributed by atoms with Crippen LogP contribution in [0.4, 0.5) is 0 Å². The largest absolute Gasteiger partial charge is 0.488 e. The molecule has 0 fully saturated rings. The first-order chi connectivity index (χ1) is 14.1. The Bertz CT molecular complexity index is 935. The predicted octanol–water partition coefficient (Wildman–Crippen LogP) is 7.11. The van der Waals surface area contributed by atoms with Crippen LogP contribution in [0.3, 0.4) is 0 Å². The highest BCUT2D eigenvalue weighted by atomic mass is 16.5. The predicted molar refractivity (Wildman–Crippen MR) is 127 cm³/mol. The van der Waals surface area contributed by atoms with Gasteiger partial charge in [-0.25, -0.2) is 0 Å². The molecule has 0 saturated heterocycles. The maximum absolute atomic E-state index is 13.0. The molecule has 0 aliphatic rings. The lowest BCUT2D eigenvalue weighted by Crippen LogP contribution is -2.24. The highest BCUT2D eigenvalue weighted by molar-refractivity contribution is 6.08. The van der Waals surface area contributed by atoms with E-state index >= 15 is 0 Å². The maximum atomic E-state index is 13.0. The Morgan fingerprint density at radius 2 is 1.26 bits per heavy atom. The van der Waals surface area contributed by atoms with Crippen LogP contribution >= 0.6 is 0 Å². The van der Waals surface area contributed by atoms with Crippen LogP contribution in [0.15, 0.2) is 48.5 Å². The highest BCUT2D eigenvalue weighted by Gasteiger charge is 2.19. The third-order valence-corrected chi connectivity index (χ3v) is 3.80. The first-order valence-electron chi connectivity index (χ1n) is 10.7. The molecule has 0 N–H and O–H groups in total. The molecule has 0 amide bonds. The van der Waals surface area contributed by atoms with Crippen molar-refractivity contribution in [3.8, 4) is 17.2 Å². The number of ketones is 1. The molecule has 0 aliphatic carbocycles. The third kappa shape index (κ3) is 8.49. The average molecular weight is 425 g/mol. The van der Waals surface area contributed by atoms with Gasteiger partial charge in [0.2, 0.25) is 0 Å². The number of ether oxygens (including phenoxy) is 3. The Balaban J connectivity index is 2.39. The number of hydrogen-bond donors (Lipinski definition) is 0. The van der Waals surface area contributed by atoms with Gasteiger partial charge in [-0.05, 0) is 105 Å². The molecule has 2 rings (SSSR count). The monoisotopic (exact) mass is 424 g/mol. The van der Waals surface area contributed by atoms with E-state index in [1.165, 1.54) is 0 Å². The van der Waals surface area contributed by atoms with Crippen molar-refractivity contribution in [2.45, 2.75) is 79.1 Å². The van der Waals surface area contributed by atoms with Crippen LogP contribution in [-0.4, -0.2) is 22.6 Å². The van der Waals surface area contributed by atoms with Crippen molar-refractivity contribution in [3.63, 3.8) is 0 Å². The van der Waals surface area contributed by atoms with Crippen LogP contribution in [0, 0.1) is 0 Å². The molecule has 0 unspecified atom stereocenters. The maximum Gasteiger partial charge on any atom is 0.189 e. The Hall–Kier alpha value is -2.75. The summed E-state index contributed by atoms with van der Waals surface area (Å²) in [7, 11) is 0. The Kier molecular flexibility index (Phi) is 7.25. The molecule has 0 radical (unpaired) electrons. The second kappa shape index (κ2) is 9.17. The van der Waals surface area contributed by atoms with E-state index < -0.39 is 5.60 Å². The fraction of sp³-hybridized carbons (Fsp3) is 0.444. The number of allylic oxidation sites excluding steroid dienone is 1. The molecule has 2 aromatic carbocycles. The number of benzene rings is 2. The molecular weight excluding hydrogens is 388 g/mol. The van der Waals surface area contributed by atoms with Crippen molar-refractivity contribution < 1.29 is 19.0 Å². The van der Waals surface area contributed by atoms with Gasteiger partial charge in [-0.15, -0.1) is 0 Å². The number of hydrogen-bond acceptors (Lipinski definition) is 4. The zero-order valence-corrected chi connectivity index (χ0v) is 20.3. The Labute approximate surface area is 187 Å². The SMILES string of the molecule is CC(C)(C)Oc1ccc(OC(C)(C)C)c(C=CC(=O)c2ccccc2OC(C)(C)C)c1. The second-order valence-corrected chi connectivity index (χ2v) is 10.5. The summed E-state index contributed by atoms with van der Waals surface area (Å²) in [6, 6.07) is 13.0. The van der Waals surface area contributed by atoms with E-state index in [-0.39, 0.29) is 17.0 Å². The van der Waals surface area contributed by atoms with Crippen molar-refractivity contribution in [1.82, 2.24) is 0 Å². The van der Waals surface area contributed by atoms with Crippen molar-refractivity contribution >= 4 is 11.9 Å². The first-order valence-corrected chi connectivity index (χ1v) is 10.7. The minimum absolute atomic E-state index is 0.135. The zero-order chi connectivity index (χ0) is 23.4. The lowest BCUT2D eigenvalue weighted by Gasteiger charge is -2.25. The third-order valence-electron chi connectivity index (χ3n) is 3.80. The van der Waals surface area contributed by atoms with Crippen molar-refractivity contribution in [2.75, 3.05) is 0 Å². The smallest absolute Gasteiger partial charge is 0.189 e. The van der Waals surface area contributed by atoms with E-state index in [1.54, 1.807) is 18.2 Å². The molecule has 0 aromatic heterocycles. The van der Waals surface area contributed by atoms with Gasteiger partial charge in [-0.2, -0.15) is 0 Å². The van der Waals surface area contributed by atoms with E-state index in [4.69, 9.17) is 14.2 Å². The Morgan fingerprint density at radius 3 is 1.84 bits per heavy atom. The highest BCUT2D eigenvalue weighted by Crippen LogP contribution is 2.31. The van der Waals surface area contributed by atoms with Crippen LogP contribution in [0.5, 0.6) is 17.2 Å². The lowest BCUT2D eigenvalue weighted by molar-refractivity contribution is 0.102. The van der Waals surface area contributed by atoms with Gasteiger partial charge in [0.25, 0.3) is 0 Å². The summed E-state index contributed by atoms with van der Waals surface area (Å²) >= 11 is 0. The molecule has 4 heteroatoms. The fourth-order valence-corrected chi connectivity index (χ4v) is 2.84. The molecule has 168 valence electrons. The first kappa shape index (κ1) is 24.5. The van der Waals surface area contributed by atoms with Crippen LogP contribution in [0.2, 0.25) is 0 Å². The molecular formula is C27H36O4. The lowest BCUT2D eigenvalue weighted by atomic mass is 10.1. The minimum atomic E-state index is -0.396. The van der Waals surface area contributed by atoms with Gasteiger partial charge in [0.15, 0.2) is 5.78 Å². The van der Waals surface area contributed by atoms with Gasteiger partial charge in [-0.1, -0.05) is 12.1 Å². The number of rotatable bonds is 6. The standard InChI is InChI=1S/C27H36O4/c1-25(2,3)29-20-15-17-23(30-26(4,5)6)19(18-20)14-16-22(28)21-12-10-11-13-24(21)31-27(7,8)9/h10-18H,1-9H3. The second-order valence-electron chi connectivity index (χ2n) is 10.5. The van der Waals surface area contributed by atoms with Crippen LogP contribution < -0.4 is 14.2 Å². The molecule has 31 heavy (non-hydrogen) atoms. The molecule has 0 saturated carbocycles. The van der Waals surface area contributed by atoms with Crippen molar-refractivity contribution in [3.05, 3.63) is 59.7 Å². The number of para-hydroxylation sites is 1. The van der Waals surface area contributed by atoms with Gasteiger partial charge in [0.05, 0.1) is 5.56 Å². The van der Waals surface area contributed by atoms with Gasteiger partial charge in [0.1, 0.15) is 34.1 Å². The molecule has 0 bridgehead atoms. The minimum Gasteiger partial charge on any atom is -0.488 e. The average Bonchev–Trinajstić information content (AvgIpc) is 2.58. The summed E-state index contributed by atoms with van der Waals surface area (Å²) in [6.45, 7) is 17.8. The topological polar surface area (TPSA) is 44.8 Å². The summed E-state index contributed by atoms with van der Waals surface area (Å²) in [5.74, 6) is 1.85. The van der Waals surface area contributed by atoms with E-state index in [1.807, 2.05) is 98.7 Å². The quantitative estimate of drug-likeness (QED) is 0.366. The van der Waals surface area contributed by atoms with Gasteiger partial charge < -0.3 is 14.2 Å². The van der Waals surface area contributed by atoms with Gasteiger partial charge in [-0.3, -0.25) is 4.79 Å². The van der Waals surface area contributed by atoms with Crippen LogP contribution in [0.1, 0.15) is 78.2 Å². The van der Waals surface area contributed by atoms with E-state index in [2.05, 4.69) is 0 Å². The molecule has 2 aromatic rings. The summed E-state index contributed by atoms with van der Waals surface area (Å²) in [5, 5.41) is 0. The number of carbonyl (C=O) groups excluding carboxylic acids is 1. The zero-order valence-electron chi connectivity index (χ0n) is 20.3. The molecule has 0 spiro atoms. The molecule has 0 heterocycles. The van der Waals surface area contributed by atoms with Crippen LogP contribution in [0.25, 0.3) is 6.08 Å². The summed E-state index contributed by atoms with van der Waals surface area (Å²) in [5.41, 5.74) is 0.207. The normalized spacial score (nSPS) is 12.7. The molecule has 0 atom stereocenters. The summed E-state index contributed by atoms with van der Waals surface area (Å²) in [6.07, 6.45) is 3.32. The van der Waals surface area contributed by atoms with E-state index in [0.717, 1.165) is 11.3 Å². The fourth-order valence-electron chi connectivity index (χ4n) is 2.84. The van der Waals surface area contributed by atoms with Crippen molar-refractivity contribution in [2.24, 2.45) is 0 Å². The molecule has 4 nitrogen and oxygen atoms in total. The van der Waals surface area contributed by atoms with Gasteiger partial charge in [0, 0.05) is 5.56 Å². The number of carbonyl (C=O) groups is 1. The van der Waals surface area contributed by atoms with Crippen LogP contribution in [-0.2, 0) is 0 Å². The Morgan fingerprint density at radius 1 is 0.710 bits per heavy atom. The summed E-state index contributed by atoms with van der Waals surface area (Å²) in [4.78, 5) is 13.0. The van der Waals surface area contributed by atoms with Gasteiger partial charge >= 0.3 is 0 Å². The summed E-state index contributed by atoms with van der Waals surface area (Å²) < 4.78 is 18.1. The molecule has 0 aliphatic heterocycles.